The van der Waals surface area contributed by atoms with Gasteiger partial charge in [0.25, 0.3) is 0 Å². The number of benzene rings is 5. The molecule has 0 amide bonds. The summed E-state index contributed by atoms with van der Waals surface area (Å²) in [6.45, 7) is 8.43. The Hall–Kier alpha value is -5.57. The van der Waals surface area contributed by atoms with Crippen molar-refractivity contribution in [3.63, 3.8) is 0 Å². The van der Waals surface area contributed by atoms with Gasteiger partial charge in [0.2, 0.25) is 0 Å². The summed E-state index contributed by atoms with van der Waals surface area (Å²) in [5.74, 6) is 2.22. The Morgan fingerprint density at radius 3 is 1.89 bits per heavy atom. The first-order chi connectivity index (χ1) is 27.0. The van der Waals surface area contributed by atoms with Crippen LogP contribution < -0.4 is 14.4 Å². The van der Waals surface area contributed by atoms with Gasteiger partial charge >= 0.3 is 0 Å². The van der Waals surface area contributed by atoms with Gasteiger partial charge in [0, 0.05) is 60.7 Å². The van der Waals surface area contributed by atoms with Crippen molar-refractivity contribution in [1.82, 2.24) is 24.2 Å². The van der Waals surface area contributed by atoms with Gasteiger partial charge in [0.05, 0.1) is 38.0 Å². The third kappa shape index (κ3) is 6.53. The fraction of sp³-hybridized carbons (Fsp3) is 0.261. The minimum absolute atomic E-state index is 0.0984. The molecule has 0 radical (unpaired) electrons. The maximum Gasteiger partial charge on any atom is 0.162 e. The van der Waals surface area contributed by atoms with E-state index < -0.39 is 5.54 Å². The molecule has 1 unspecified atom stereocenters. The minimum atomic E-state index is -0.699. The standard InChI is InChI=1S/C46H47ClN6O2/c1-5-39(50-26-28-51(29-27-50)40-23-15-22-38(47)33(40)2)45-37-30-42(54-3)43(55-4)31-41(37)53(49-45)32-44-48-24-25-52(44)46(34-16-9-6-10-17-34,35-18-11-7-12-19-35)36-20-13-8-14-21-36/h6-25,30-31,39H,5,26-29,32H2,1-4H3. The van der Waals surface area contributed by atoms with E-state index in [9.17, 15) is 0 Å². The number of nitrogens with zero attached hydrogens (tertiary/aromatic N) is 6. The number of imidazole rings is 1. The molecule has 8 rings (SSSR count). The molecular formula is C46H47ClN6O2. The summed E-state index contributed by atoms with van der Waals surface area (Å²) < 4.78 is 16.1. The summed E-state index contributed by atoms with van der Waals surface area (Å²) in [6.07, 6.45) is 4.92. The maximum atomic E-state index is 6.52. The Balaban J connectivity index is 1.23. The summed E-state index contributed by atoms with van der Waals surface area (Å²) in [5, 5.41) is 7.34. The molecule has 2 aromatic heterocycles. The summed E-state index contributed by atoms with van der Waals surface area (Å²) >= 11 is 6.52. The maximum absolute atomic E-state index is 6.52. The van der Waals surface area contributed by atoms with Crippen LogP contribution in [-0.4, -0.2) is 64.6 Å². The van der Waals surface area contributed by atoms with Crippen LogP contribution in [0.15, 0.2) is 134 Å². The zero-order valence-electron chi connectivity index (χ0n) is 31.9. The molecule has 0 bridgehead atoms. The van der Waals surface area contributed by atoms with E-state index in [4.69, 9.17) is 31.2 Å². The van der Waals surface area contributed by atoms with E-state index in [1.807, 2.05) is 18.3 Å². The smallest absolute Gasteiger partial charge is 0.162 e. The average Bonchev–Trinajstić information content (AvgIpc) is 3.85. The van der Waals surface area contributed by atoms with Gasteiger partial charge in [-0.25, -0.2) is 4.98 Å². The molecule has 5 aromatic carbocycles. The lowest BCUT2D eigenvalue weighted by Crippen LogP contribution is -2.48. The Morgan fingerprint density at radius 2 is 1.33 bits per heavy atom. The molecule has 0 aliphatic carbocycles. The first-order valence-corrected chi connectivity index (χ1v) is 19.4. The number of fused-ring (bicyclic) bond motifs is 1. The molecule has 7 aromatic rings. The highest BCUT2D eigenvalue weighted by molar-refractivity contribution is 6.31. The molecule has 0 saturated carbocycles. The second-order valence-electron chi connectivity index (χ2n) is 14.1. The SMILES string of the molecule is CCC(c1nn(Cc2nccn2C(c2ccccc2)(c2ccccc2)c2ccccc2)c2cc(OC)c(OC)cc12)N1CCN(c2cccc(Cl)c2C)CC1. The van der Waals surface area contributed by atoms with Crippen LogP contribution in [0.2, 0.25) is 5.02 Å². The van der Waals surface area contributed by atoms with E-state index in [1.165, 1.54) is 5.69 Å². The van der Waals surface area contributed by atoms with E-state index in [1.54, 1.807) is 14.2 Å². The minimum Gasteiger partial charge on any atom is -0.493 e. The lowest BCUT2D eigenvalue weighted by atomic mass is 9.76. The lowest BCUT2D eigenvalue weighted by molar-refractivity contribution is 0.178. The predicted molar refractivity (Wildman–Crippen MR) is 222 cm³/mol. The van der Waals surface area contributed by atoms with Crippen molar-refractivity contribution < 1.29 is 9.47 Å². The Labute approximate surface area is 328 Å². The average molecular weight is 751 g/mol. The van der Waals surface area contributed by atoms with Gasteiger partial charge in [-0.2, -0.15) is 5.10 Å². The Morgan fingerprint density at radius 1 is 0.745 bits per heavy atom. The number of ether oxygens (including phenoxy) is 2. The van der Waals surface area contributed by atoms with Crippen LogP contribution in [-0.2, 0) is 12.1 Å². The number of hydrogen-bond donors (Lipinski definition) is 0. The second-order valence-corrected chi connectivity index (χ2v) is 14.5. The monoisotopic (exact) mass is 750 g/mol. The van der Waals surface area contributed by atoms with Gasteiger partial charge in [-0.05, 0) is 53.8 Å². The molecule has 9 heteroatoms. The van der Waals surface area contributed by atoms with Crippen molar-refractivity contribution in [2.45, 2.75) is 38.4 Å². The number of hydrogen-bond acceptors (Lipinski definition) is 6. The van der Waals surface area contributed by atoms with Crippen LogP contribution in [0.25, 0.3) is 10.9 Å². The number of rotatable bonds is 12. The van der Waals surface area contributed by atoms with Crippen molar-refractivity contribution in [2.24, 2.45) is 0 Å². The van der Waals surface area contributed by atoms with Crippen LogP contribution in [0.4, 0.5) is 5.69 Å². The molecule has 0 spiro atoms. The topological polar surface area (TPSA) is 60.6 Å². The van der Waals surface area contributed by atoms with Crippen molar-refractivity contribution in [3.8, 4) is 11.5 Å². The molecule has 8 nitrogen and oxygen atoms in total. The summed E-state index contributed by atoms with van der Waals surface area (Å²) in [4.78, 5) is 10.1. The molecule has 1 aliphatic rings. The first-order valence-electron chi connectivity index (χ1n) is 19.0. The van der Waals surface area contributed by atoms with Crippen LogP contribution in [0.5, 0.6) is 11.5 Å². The molecule has 55 heavy (non-hydrogen) atoms. The Bertz CT molecular complexity index is 2270. The highest BCUT2D eigenvalue weighted by Gasteiger charge is 2.40. The summed E-state index contributed by atoms with van der Waals surface area (Å²) in [6, 6.07) is 42.6. The fourth-order valence-corrected chi connectivity index (χ4v) is 8.74. The van der Waals surface area contributed by atoms with Crippen molar-refractivity contribution in [3.05, 3.63) is 173 Å². The highest BCUT2D eigenvalue weighted by Crippen LogP contribution is 2.43. The van der Waals surface area contributed by atoms with Crippen LogP contribution >= 0.6 is 11.6 Å². The van der Waals surface area contributed by atoms with Crippen molar-refractivity contribution in [2.75, 3.05) is 45.3 Å². The fourth-order valence-electron chi connectivity index (χ4n) is 8.58. The van der Waals surface area contributed by atoms with Crippen LogP contribution in [0.3, 0.4) is 0 Å². The molecule has 280 valence electrons. The van der Waals surface area contributed by atoms with E-state index in [0.717, 1.165) is 82.3 Å². The molecule has 1 fully saturated rings. The molecule has 3 heterocycles. The largest absolute Gasteiger partial charge is 0.493 e. The number of piperazine rings is 1. The second kappa shape index (κ2) is 15.7. The third-order valence-electron chi connectivity index (χ3n) is 11.3. The van der Waals surface area contributed by atoms with Gasteiger partial charge < -0.3 is 18.9 Å². The lowest BCUT2D eigenvalue weighted by Gasteiger charge is -2.40. The molecule has 1 atom stereocenters. The van der Waals surface area contributed by atoms with Crippen LogP contribution in [0, 0.1) is 6.92 Å². The summed E-state index contributed by atoms with van der Waals surface area (Å²) in [5.41, 5.74) is 7.06. The Kier molecular flexibility index (Phi) is 10.4. The van der Waals surface area contributed by atoms with Crippen molar-refractivity contribution in [1.29, 1.82) is 0 Å². The van der Waals surface area contributed by atoms with Gasteiger partial charge in [0.1, 0.15) is 11.4 Å². The zero-order chi connectivity index (χ0) is 37.9. The quantitative estimate of drug-likeness (QED) is 0.116. The van der Waals surface area contributed by atoms with E-state index in [-0.39, 0.29) is 6.04 Å². The summed E-state index contributed by atoms with van der Waals surface area (Å²) in [7, 11) is 3.37. The van der Waals surface area contributed by atoms with E-state index in [0.29, 0.717) is 18.0 Å². The van der Waals surface area contributed by atoms with Gasteiger partial charge in [-0.1, -0.05) is 116 Å². The molecule has 1 aliphatic heterocycles. The number of aromatic nitrogens is 4. The molecule has 1 saturated heterocycles. The first kappa shape index (κ1) is 36.4. The van der Waals surface area contributed by atoms with Crippen LogP contribution in [0.1, 0.15) is 53.2 Å². The van der Waals surface area contributed by atoms with Gasteiger partial charge in [-0.15, -0.1) is 0 Å². The zero-order valence-corrected chi connectivity index (χ0v) is 32.7. The third-order valence-corrected chi connectivity index (χ3v) is 11.7. The number of methoxy groups -OCH3 is 2. The van der Waals surface area contributed by atoms with Gasteiger partial charge in [-0.3, -0.25) is 9.58 Å². The van der Waals surface area contributed by atoms with E-state index in [2.05, 4.69) is 148 Å². The predicted octanol–water partition coefficient (Wildman–Crippen LogP) is 9.37. The normalized spacial score (nSPS) is 14.3. The number of halogens is 1. The number of anilines is 1. The molecular weight excluding hydrogens is 704 g/mol. The molecule has 0 N–H and O–H groups in total. The highest BCUT2D eigenvalue weighted by atomic mass is 35.5. The van der Waals surface area contributed by atoms with Gasteiger partial charge in [0.15, 0.2) is 11.5 Å². The van der Waals surface area contributed by atoms with Crippen molar-refractivity contribution >= 4 is 28.2 Å². The van der Waals surface area contributed by atoms with E-state index >= 15 is 0 Å².